The Morgan fingerprint density at radius 2 is 1.32 bits per heavy atom. The molecule has 2 aromatic carbocycles. The van der Waals surface area contributed by atoms with Gasteiger partial charge in [-0.3, -0.25) is 4.79 Å². The fourth-order valence-electron chi connectivity index (χ4n) is 1.56. The molecule has 0 bridgehead atoms. The molecular formula is C17H15NO4. The van der Waals surface area contributed by atoms with Crippen molar-refractivity contribution in [2.75, 3.05) is 0 Å². The highest BCUT2D eigenvalue weighted by atomic mass is 16.4. The van der Waals surface area contributed by atoms with Crippen LogP contribution in [0.25, 0.3) is 0 Å². The number of benzene rings is 2. The lowest BCUT2D eigenvalue weighted by molar-refractivity contribution is -0.131. The molecule has 5 nitrogen and oxygen atoms in total. The first-order valence-electron chi connectivity index (χ1n) is 6.32. The summed E-state index contributed by atoms with van der Waals surface area (Å²) < 4.78 is 0. The van der Waals surface area contributed by atoms with Crippen LogP contribution < -0.4 is 0 Å². The Kier molecular flexibility index (Phi) is 6.78. The van der Waals surface area contributed by atoms with E-state index in [1.807, 2.05) is 12.1 Å². The molecular weight excluding hydrogens is 282 g/mol. The van der Waals surface area contributed by atoms with Crippen LogP contribution in [0.4, 0.5) is 0 Å². The fourth-order valence-corrected chi connectivity index (χ4v) is 1.56. The van der Waals surface area contributed by atoms with Crippen LogP contribution >= 0.6 is 0 Å². The molecule has 0 heterocycles. The largest absolute Gasteiger partial charge is 0.478 e. The molecule has 112 valence electrons. The van der Waals surface area contributed by atoms with Crippen LogP contribution in [-0.4, -0.2) is 27.8 Å². The molecule has 0 aromatic heterocycles. The number of oxime groups is 1. The molecule has 2 N–H and O–H groups in total. The molecule has 0 atom stereocenters. The second-order valence-corrected chi connectivity index (χ2v) is 4.05. The van der Waals surface area contributed by atoms with Crippen LogP contribution in [-0.2, 0) is 4.79 Å². The zero-order valence-electron chi connectivity index (χ0n) is 11.7. The van der Waals surface area contributed by atoms with Gasteiger partial charge in [0.05, 0.1) is 0 Å². The van der Waals surface area contributed by atoms with E-state index in [1.165, 1.54) is 0 Å². The summed E-state index contributed by atoms with van der Waals surface area (Å²) in [6, 6.07) is 17.6. The summed E-state index contributed by atoms with van der Waals surface area (Å²) in [7, 11) is 0. The predicted molar refractivity (Wildman–Crippen MR) is 83.4 cm³/mol. The lowest BCUT2D eigenvalue weighted by atomic mass is 10.0. The van der Waals surface area contributed by atoms with Gasteiger partial charge in [0.1, 0.15) is 0 Å². The number of aliphatic carboxylic acids is 1. The van der Waals surface area contributed by atoms with E-state index in [1.54, 1.807) is 48.5 Å². The van der Waals surface area contributed by atoms with Crippen LogP contribution in [0.2, 0.25) is 0 Å². The Morgan fingerprint density at radius 1 is 0.909 bits per heavy atom. The highest BCUT2D eigenvalue weighted by molar-refractivity contribution is 6.51. The number of Topliss-reactive ketones (excluding diaryl/α,β-unsaturated/α-hetero) is 1. The summed E-state index contributed by atoms with van der Waals surface area (Å²) in [5.74, 6) is -1.27. The lowest BCUT2D eigenvalue weighted by Crippen LogP contribution is -2.15. The Balaban J connectivity index is 0.000000422. The predicted octanol–water partition coefficient (Wildman–Crippen LogP) is 3.00. The average Bonchev–Trinajstić information content (AvgIpc) is 2.57. The minimum absolute atomic E-state index is 0.0526. The zero-order valence-corrected chi connectivity index (χ0v) is 11.7. The van der Waals surface area contributed by atoms with Crippen LogP contribution in [0.15, 0.2) is 78.5 Å². The van der Waals surface area contributed by atoms with E-state index in [0.29, 0.717) is 11.1 Å². The standard InChI is InChI=1S/C14H11NO2.C3H4O2/c16-14(12-9-5-2-6-10-12)13(15-17)11-7-3-1-4-8-11;1-2-3(4)5/h1-10,17H;2H,1H2,(H,4,5). The number of carbonyl (C=O) groups is 2. The maximum Gasteiger partial charge on any atom is 0.327 e. The van der Waals surface area contributed by atoms with E-state index in [9.17, 15) is 9.59 Å². The number of carboxylic acid groups (broad SMARTS) is 1. The second kappa shape index (κ2) is 8.86. The third-order valence-corrected chi connectivity index (χ3v) is 2.57. The van der Waals surface area contributed by atoms with Gasteiger partial charge in [-0.25, -0.2) is 4.79 Å². The summed E-state index contributed by atoms with van der Waals surface area (Å²) in [5.41, 5.74) is 1.16. The smallest absolute Gasteiger partial charge is 0.327 e. The molecule has 0 saturated carbocycles. The van der Waals surface area contributed by atoms with E-state index in [-0.39, 0.29) is 11.5 Å². The van der Waals surface area contributed by atoms with E-state index >= 15 is 0 Å². The summed E-state index contributed by atoms with van der Waals surface area (Å²) in [6.07, 6.45) is 0.833. The molecule has 2 rings (SSSR count). The van der Waals surface area contributed by atoms with Gasteiger partial charge < -0.3 is 10.3 Å². The third kappa shape index (κ3) is 5.05. The summed E-state index contributed by atoms with van der Waals surface area (Å²) in [5, 5.41) is 19.7. The fraction of sp³-hybridized carbons (Fsp3) is 0. The van der Waals surface area contributed by atoms with E-state index in [4.69, 9.17) is 10.3 Å². The molecule has 0 aliphatic carbocycles. The van der Waals surface area contributed by atoms with Crippen molar-refractivity contribution in [1.82, 2.24) is 0 Å². The zero-order chi connectivity index (χ0) is 16.4. The van der Waals surface area contributed by atoms with Crippen molar-refractivity contribution in [3.8, 4) is 0 Å². The number of rotatable bonds is 4. The van der Waals surface area contributed by atoms with Gasteiger partial charge >= 0.3 is 5.97 Å². The molecule has 0 aliphatic heterocycles. The minimum atomic E-state index is -0.981. The maximum atomic E-state index is 12.1. The number of carbonyl (C=O) groups excluding carboxylic acids is 1. The van der Waals surface area contributed by atoms with Crippen molar-refractivity contribution in [2.45, 2.75) is 0 Å². The third-order valence-electron chi connectivity index (χ3n) is 2.57. The molecule has 0 saturated heterocycles. The number of carboxylic acids is 1. The Morgan fingerprint density at radius 3 is 1.68 bits per heavy atom. The quantitative estimate of drug-likeness (QED) is 0.298. The summed E-state index contributed by atoms with van der Waals surface area (Å²) >= 11 is 0. The normalized spacial score (nSPS) is 10.1. The van der Waals surface area contributed by atoms with Gasteiger partial charge in [0, 0.05) is 17.2 Å². The van der Waals surface area contributed by atoms with Crippen molar-refractivity contribution in [3.63, 3.8) is 0 Å². The lowest BCUT2D eigenvalue weighted by Gasteiger charge is -2.03. The first kappa shape index (κ1) is 16.8. The average molecular weight is 297 g/mol. The van der Waals surface area contributed by atoms with E-state index < -0.39 is 5.97 Å². The van der Waals surface area contributed by atoms with Crippen LogP contribution in [0.1, 0.15) is 15.9 Å². The highest BCUT2D eigenvalue weighted by Gasteiger charge is 2.16. The van der Waals surface area contributed by atoms with Crippen LogP contribution in [0.3, 0.4) is 0 Å². The topological polar surface area (TPSA) is 87.0 Å². The van der Waals surface area contributed by atoms with Gasteiger partial charge in [-0.15, -0.1) is 0 Å². The number of hydrogen-bond donors (Lipinski definition) is 2. The van der Waals surface area contributed by atoms with Crippen molar-refractivity contribution in [1.29, 1.82) is 0 Å². The highest BCUT2D eigenvalue weighted by Crippen LogP contribution is 2.08. The van der Waals surface area contributed by atoms with Crippen molar-refractivity contribution in [2.24, 2.45) is 5.16 Å². The monoisotopic (exact) mass is 297 g/mol. The molecule has 0 aliphatic rings. The van der Waals surface area contributed by atoms with Crippen LogP contribution in [0.5, 0.6) is 0 Å². The minimum Gasteiger partial charge on any atom is -0.478 e. The molecule has 22 heavy (non-hydrogen) atoms. The second-order valence-electron chi connectivity index (χ2n) is 4.05. The molecule has 0 fully saturated rings. The maximum absolute atomic E-state index is 12.1. The first-order chi connectivity index (χ1) is 10.6. The molecule has 0 amide bonds. The van der Waals surface area contributed by atoms with Gasteiger partial charge in [-0.05, 0) is 0 Å². The number of nitrogens with zero attached hydrogens (tertiary/aromatic N) is 1. The summed E-state index contributed by atoms with van der Waals surface area (Å²) in [6.45, 7) is 2.96. The van der Waals surface area contributed by atoms with Gasteiger partial charge in [0.25, 0.3) is 0 Å². The van der Waals surface area contributed by atoms with Gasteiger partial charge in [-0.2, -0.15) is 0 Å². The molecule has 2 aromatic rings. The van der Waals surface area contributed by atoms with Gasteiger partial charge in [-0.1, -0.05) is 72.4 Å². The van der Waals surface area contributed by atoms with Crippen molar-refractivity contribution < 1.29 is 19.9 Å². The van der Waals surface area contributed by atoms with E-state index in [2.05, 4.69) is 11.7 Å². The molecule has 5 heteroatoms. The Hall–Kier alpha value is -3.21. The summed E-state index contributed by atoms with van der Waals surface area (Å²) in [4.78, 5) is 21.3. The van der Waals surface area contributed by atoms with Gasteiger partial charge in [0.2, 0.25) is 5.78 Å². The Bertz CT molecular complexity index is 664. The molecule has 0 spiro atoms. The number of hydrogen-bond acceptors (Lipinski definition) is 4. The molecule has 0 unspecified atom stereocenters. The van der Waals surface area contributed by atoms with Gasteiger partial charge in [0.15, 0.2) is 5.71 Å². The van der Waals surface area contributed by atoms with Crippen LogP contribution in [0, 0.1) is 0 Å². The van der Waals surface area contributed by atoms with Crippen molar-refractivity contribution in [3.05, 3.63) is 84.4 Å². The Labute approximate surface area is 127 Å². The SMILES string of the molecule is C=CC(=O)O.O=C(C(=NO)c1ccccc1)c1ccccc1. The number of ketones is 1. The first-order valence-corrected chi connectivity index (χ1v) is 6.32. The van der Waals surface area contributed by atoms with Crippen molar-refractivity contribution >= 4 is 17.5 Å². The molecule has 0 radical (unpaired) electrons. The van der Waals surface area contributed by atoms with E-state index in [0.717, 1.165) is 6.08 Å².